The zero-order chi connectivity index (χ0) is 20.0. The summed E-state index contributed by atoms with van der Waals surface area (Å²) in [5, 5.41) is 1.25. The van der Waals surface area contributed by atoms with Gasteiger partial charge in [0, 0.05) is 37.5 Å². The maximum Gasteiger partial charge on any atom is 0.262 e. The zero-order valence-electron chi connectivity index (χ0n) is 18.1. The number of quaternary nitrogens is 1. The predicted molar refractivity (Wildman–Crippen MR) is 122 cm³/mol. The third-order valence-electron chi connectivity index (χ3n) is 4.68. The van der Waals surface area contributed by atoms with Crippen molar-refractivity contribution in [2.24, 2.45) is 7.05 Å². The van der Waals surface area contributed by atoms with E-state index in [9.17, 15) is 0 Å². The summed E-state index contributed by atoms with van der Waals surface area (Å²) >= 11 is 1.82. The van der Waals surface area contributed by atoms with Crippen LogP contribution in [-0.4, -0.2) is 43.6 Å². The van der Waals surface area contributed by atoms with Crippen LogP contribution in [0.5, 0.6) is 0 Å². The largest absolute Gasteiger partial charge is 1.00 e. The molecular formula is C24H31I2N3S. The highest BCUT2D eigenvalue weighted by Crippen LogP contribution is 2.20. The highest BCUT2D eigenvalue weighted by molar-refractivity contribution is 7.18. The van der Waals surface area contributed by atoms with E-state index in [1.165, 1.54) is 33.8 Å². The first-order valence-corrected chi connectivity index (χ1v) is 10.6. The standard InChI is InChI=1S/C24H31N3S.2HI/c1-25-22-12-8-9-13-23(22)28-24(25)14-7-5-6-11-21-15-18-26(19-16-21)17-10-20-27(2,3)4;;/h5-9,11-16,18-19H,10,17,20H2,1-4H3;2*1H/q+2;;/p-2. The van der Waals surface area contributed by atoms with Crippen LogP contribution in [0.25, 0.3) is 16.3 Å². The fourth-order valence-corrected chi connectivity index (χ4v) is 4.15. The molecule has 162 valence electrons. The molecule has 6 heteroatoms. The van der Waals surface area contributed by atoms with E-state index in [4.69, 9.17) is 0 Å². The van der Waals surface area contributed by atoms with E-state index in [-0.39, 0.29) is 48.0 Å². The molecular weight excluding hydrogens is 616 g/mol. The molecule has 0 fully saturated rings. The summed E-state index contributed by atoms with van der Waals surface area (Å²) in [7, 11) is 8.84. The number of hydrogen-bond acceptors (Lipinski definition) is 2. The van der Waals surface area contributed by atoms with Gasteiger partial charge in [-0.15, -0.1) is 0 Å². The van der Waals surface area contributed by atoms with Gasteiger partial charge in [-0.25, -0.2) is 0 Å². The summed E-state index contributed by atoms with van der Waals surface area (Å²) in [5.41, 5.74) is 2.50. The van der Waals surface area contributed by atoms with E-state index in [1.807, 2.05) is 11.3 Å². The van der Waals surface area contributed by atoms with Gasteiger partial charge < -0.3 is 57.3 Å². The topological polar surface area (TPSA) is 7.12 Å². The van der Waals surface area contributed by atoms with Crippen molar-refractivity contribution in [3.8, 4) is 0 Å². The molecule has 0 bridgehead atoms. The zero-order valence-corrected chi connectivity index (χ0v) is 23.3. The van der Waals surface area contributed by atoms with Crippen molar-refractivity contribution < 1.29 is 57.0 Å². The summed E-state index contributed by atoms with van der Waals surface area (Å²) in [6.45, 7) is 2.26. The van der Waals surface area contributed by atoms with Crippen molar-refractivity contribution in [3.05, 3.63) is 83.7 Å². The highest BCUT2D eigenvalue weighted by atomic mass is 127. The maximum absolute atomic E-state index is 2.26. The number of allylic oxidation sites excluding steroid dienone is 7. The number of aromatic nitrogens is 1. The molecule has 3 nitrogen and oxygen atoms in total. The molecule has 1 aromatic heterocycles. The molecule has 30 heavy (non-hydrogen) atoms. The van der Waals surface area contributed by atoms with Gasteiger partial charge in [0.1, 0.15) is 11.7 Å². The summed E-state index contributed by atoms with van der Waals surface area (Å²) in [6.07, 6.45) is 20.5. The Morgan fingerprint density at radius 3 is 2.37 bits per heavy atom. The minimum absolute atomic E-state index is 0. The second kappa shape index (κ2) is 12.8. The third kappa shape index (κ3) is 8.28. The number of hydrogen-bond donors (Lipinski definition) is 0. The Bertz CT molecular complexity index is 946. The molecule has 1 aromatic carbocycles. The van der Waals surface area contributed by atoms with Gasteiger partial charge >= 0.3 is 0 Å². The Morgan fingerprint density at radius 2 is 1.70 bits per heavy atom. The van der Waals surface area contributed by atoms with Gasteiger partial charge in [-0.05, 0) is 23.8 Å². The van der Waals surface area contributed by atoms with Crippen molar-refractivity contribution in [1.29, 1.82) is 0 Å². The minimum Gasteiger partial charge on any atom is -1.00 e. The monoisotopic (exact) mass is 647 g/mol. The number of nitrogens with zero attached hydrogens (tertiary/aromatic N) is 3. The second-order valence-corrected chi connectivity index (χ2v) is 9.18. The van der Waals surface area contributed by atoms with Crippen LogP contribution >= 0.6 is 11.3 Å². The van der Waals surface area contributed by atoms with Gasteiger partial charge in [-0.2, -0.15) is 4.57 Å². The van der Waals surface area contributed by atoms with Gasteiger partial charge in [0.15, 0.2) is 0 Å². The predicted octanol–water partition coefficient (Wildman–Crippen LogP) is -1.33. The fourth-order valence-electron chi connectivity index (χ4n) is 3.09. The number of fused-ring (bicyclic) bond motifs is 1. The minimum atomic E-state index is 0. The van der Waals surface area contributed by atoms with Crippen molar-refractivity contribution in [2.75, 3.05) is 34.2 Å². The lowest BCUT2D eigenvalue weighted by atomic mass is 10.2. The van der Waals surface area contributed by atoms with E-state index < -0.39 is 0 Å². The summed E-state index contributed by atoms with van der Waals surface area (Å²) in [6, 6.07) is 8.51. The number of benzene rings is 1. The van der Waals surface area contributed by atoms with Crippen molar-refractivity contribution in [3.63, 3.8) is 0 Å². The first-order chi connectivity index (χ1) is 13.4. The lowest BCUT2D eigenvalue weighted by Crippen LogP contribution is -3.00. The number of thiazole rings is 1. The molecule has 0 unspecified atom stereocenters. The first kappa shape index (κ1) is 27.1. The Labute approximate surface area is 219 Å². The van der Waals surface area contributed by atoms with Crippen molar-refractivity contribution in [2.45, 2.75) is 6.42 Å². The fraction of sp³-hybridized carbons (Fsp3) is 0.292. The van der Waals surface area contributed by atoms with Gasteiger partial charge in [0.05, 0.1) is 27.7 Å². The van der Waals surface area contributed by atoms with Crippen LogP contribution in [-0.2, 0) is 7.05 Å². The van der Waals surface area contributed by atoms with Crippen LogP contribution in [0.15, 0.2) is 78.7 Å². The van der Waals surface area contributed by atoms with E-state index in [0.29, 0.717) is 0 Å². The molecule has 0 saturated carbocycles. The van der Waals surface area contributed by atoms with Crippen LogP contribution in [0.4, 0.5) is 0 Å². The molecule has 0 aliphatic carbocycles. The van der Waals surface area contributed by atoms with E-state index >= 15 is 0 Å². The lowest BCUT2D eigenvalue weighted by Gasteiger charge is -2.25. The molecule has 0 radical (unpaired) electrons. The molecule has 0 amide bonds. The molecule has 3 rings (SSSR count). The molecule has 0 N–H and O–H groups in total. The number of rotatable bonds is 7. The Kier molecular flexibility index (Phi) is 11.5. The first-order valence-electron chi connectivity index (χ1n) is 9.78. The number of para-hydroxylation sites is 1. The SMILES string of the molecule is C[n+]1c(C=CC=CC=C2C=CN(CCC[N+](C)(C)C)C=C2)sc2ccccc21.[I-].[I-]. The van der Waals surface area contributed by atoms with Gasteiger partial charge in [-0.1, -0.05) is 47.8 Å². The molecule has 2 heterocycles. The molecule has 0 saturated heterocycles. The lowest BCUT2D eigenvalue weighted by molar-refractivity contribution is -0.870. The van der Waals surface area contributed by atoms with Crippen molar-refractivity contribution >= 4 is 27.6 Å². The van der Waals surface area contributed by atoms with E-state index in [1.54, 1.807) is 0 Å². The van der Waals surface area contributed by atoms with E-state index in [2.05, 4.69) is 117 Å². The Morgan fingerprint density at radius 1 is 1.00 bits per heavy atom. The summed E-state index contributed by atoms with van der Waals surface area (Å²) in [5.74, 6) is 0. The average molecular weight is 647 g/mol. The average Bonchev–Trinajstić information content (AvgIpc) is 2.98. The Balaban J connectivity index is 0.00000225. The van der Waals surface area contributed by atoms with Crippen LogP contribution < -0.4 is 52.5 Å². The summed E-state index contributed by atoms with van der Waals surface area (Å²) in [4.78, 5) is 2.26. The van der Waals surface area contributed by atoms with Crippen LogP contribution in [0, 0.1) is 0 Å². The van der Waals surface area contributed by atoms with Gasteiger partial charge in [0.25, 0.3) is 5.01 Å². The van der Waals surface area contributed by atoms with E-state index in [0.717, 1.165) is 11.0 Å². The molecule has 1 aliphatic heterocycles. The number of halogens is 2. The highest BCUT2D eigenvalue weighted by Gasteiger charge is 2.12. The normalized spacial score (nSPS) is 13.9. The summed E-state index contributed by atoms with van der Waals surface area (Å²) < 4.78 is 4.58. The molecule has 1 aliphatic rings. The molecule has 0 spiro atoms. The van der Waals surface area contributed by atoms with Crippen LogP contribution in [0.2, 0.25) is 0 Å². The maximum atomic E-state index is 2.26. The third-order valence-corrected chi connectivity index (χ3v) is 5.87. The Hall–Kier alpha value is -0.970. The quantitative estimate of drug-likeness (QED) is 0.157. The van der Waals surface area contributed by atoms with Crippen LogP contribution in [0.1, 0.15) is 11.4 Å². The van der Waals surface area contributed by atoms with Crippen molar-refractivity contribution in [1.82, 2.24) is 4.90 Å². The van der Waals surface area contributed by atoms with Gasteiger partial charge in [0.2, 0.25) is 5.52 Å². The number of aryl methyl sites for hydroxylation is 1. The van der Waals surface area contributed by atoms with Gasteiger partial charge in [-0.3, -0.25) is 0 Å². The second-order valence-electron chi connectivity index (χ2n) is 8.11. The molecule has 0 atom stereocenters. The molecule has 2 aromatic rings. The smallest absolute Gasteiger partial charge is 0.262 e. The van der Waals surface area contributed by atoms with Crippen LogP contribution in [0.3, 0.4) is 0 Å².